The van der Waals surface area contributed by atoms with Crippen LogP contribution in [0.4, 0.5) is 0 Å². The van der Waals surface area contributed by atoms with Gasteiger partial charge in [0.1, 0.15) is 0 Å². The molecule has 1 saturated carbocycles. The van der Waals surface area contributed by atoms with E-state index in [1.165, 1.54) is 0 Å². The summed E-state index contributed by atoms with van der Waals surface area (Å²) in [5.41, 5.74) is -0.387. The SMILES string of the molecule is COCCC1(C(O)C(=O)O)CC1. The number of ether oxygens (including phenoxy) is 1. The van der Waals surface area contributed by atoms with E-state index in [9.17, 15) is 9.90 Å². The number of carboxylic acid groups (broad SMARTS) is 1. The zero-order valence-electron chi connectivity index (χ0n) is 7.12. The average molecular weight is 174 g/mol. The van der Waals surface area contributed by atoms with Gasteiger partial charge >= 0.3 is 5.97 Å². The molecule has 12 heavy (non-hydrogen) atoms. The molecule has 0 aromatic carbocycles. The number of carbonyl (C=O) groups is 1. The van der Waals surface area contributed by atoms with E-state index in [0.717, 1.165) is 12.8 Å². The molecule has 1 aliphatic rings. The van der Waals surface area contributed by atoms with Crippen molar-refractivity contribution in [1.82, 2.24) is 0 Å². The molecule has 0 radical (unpaired) electrons. The van der Waals surface area contributed by atoms with Gasteiger partial charge < -0.3 is 14.9 Å². The van der Waals surface area contributed by atoms with Crippen molar-refractivity contribution in [3.63, 3.8) is 0 Å². The number of methoxy groups -OCH3 is 1. The molecule has 70 valence electrons. The van der Waals surface area contributed by atoms with Crippen LogP contribution in [0.5, 0.6) is 0 Å². The molecule has 0 aliphatic heterocycles. The van der Waals surface area contributed by atoms with E-state index in [0.29, 0.717) is 13.0 Å². The molecule has 0 aromatic rings. The molecule has 1 rings (SSSR count). The molecule has 1 aliphatic carbocycles. The van der Waals surface area contributed by atoms with Gasteiger partial charge in [-0.1, -0.05) is 0 Å². The molecule has 0 saturated heterocycles. The monoisotopic (exact) mass is 174 g/mol. The van der Waals surface area contributed by atoms with Crippen molar-refractivity contribution in [2.75, 3.05) is 13.7 Å². The van der Waals surface area contributed by atoms with Crippen molar-refractivity contribution in [1.29, 1.82) is 0 Å². The minimum absolute atomic E-state index is 0.387. The van der Waals surface area contributed by atoms with Gasteiger partial charge in [-0.2, -0.15) is 0 Å². The van der Waals surface area contributed by atoms with Gasteiger partial charge in [0.2, 0.25) is 0 Å². The third-order valence-electron chi connectivity index (χ3n) is 2.51. The molecular formula is C8H14O4. The first-order chi connectivity index (χ1) is 5.62. The molecule has 4 heteroatoms. The van der Waals surface area contributed by atoms with Crippen LogP contribution in [-0.4, -0.2) is 36.0 Å². The Bertz CT molecular complexity index is 174. The smallest absolute Gasteiger partial charge is 0.333 e. The van der Waals surface area contributed by atoms with Crippen molar-refractivity contribution in [2.45, 2.75) is 25.4 Å². The molecule has 0 aromatic heterocycles. The van der Waals surface area contributed by atoms with E-state index < -0.39 is 12.1 Å². The van der Waals surface area contributed by atoms with Crippen molar-refractivity contribution >= 4 is 5.97 Å². The van der Waals surface area contributed by atoms with E-state index in [1.807, 2.05) is 0 Å². The Kier molecular flexibility index (Phi) is 2.69. The maximum Gasteiger partial charge on any atom is 0.333 e. The van der Waals surface area contributed by atoms with Gasteiger partial charge in [-0.15, -0.1) is 0 Å². The van der Waals surface area contributed by atoms with E-state index in [-0.39, 0.29) is 5.41 Å². The van der Waals surface area contributed by atoms with Gasteiger partial charge in [-0.25, -0.2) is 4.79 Å². The third kappa shape index (κ3) is 1.76. The van der Waals surface area contributed by atoms with Gasteiger partial charge in [-0.3, -0.25) is 0 Å². The van der Waals surface area contributed by atoms with Gasteiger partial charge in [0.25, 0.3) is 0 Å². The Labute approximate surface area is 71.2 Å². The standard InChI is InChI=1S/C8H14O4/c1-12-5-4-8(2-3-8)6(9)7(10)11/h6,9H,2-5H2,1H3,(H,10,11). The van der Waals surface area contributed by atoms with Crippen LogP contribution in [0.15, 0.2) is 0 Å². The fraction of sp³-hybridized carbons (Fsp3) is 0.875. The lowest BCUT2D eigenvalue weighted by Gasteiger charge is -2.17. The summed E-state index contributed by atoms with van der Waals surface area (Å²) in [6.45, 7) is 0.518. The van der Waals surface area contributed by atoms with Crippen LogP contribution in [0.25, 0.3) is 0 Å². The second-order valence-electron chi connectivity index (χ2n) is 3.35. The Balaban J connectivity index is 2.42. The Morgan fingerprint density at radius 2 is 2.25 bits per heavy atom. The molecule has 1 fully saturated rings. The first kappa shape index (κ1) is 9.48. The van der Waals surface area contributed by atoms with E-state index in [2.05, 4.69) is 0 Å². The number of aliphatic carboxylic acids is 1. The highest BCUT2D eigenvalue weighted by molar-refractivity contribution is 5.73. The Morgan fingerprint density at radius 1 is 1.67 bits per heavy atom. The van der Waals surface area contributed by atoms with Crippen LogP contribution in [0.3, 0.4) is 0 Å². The van der Waals surface area contributed by atoms with E-state index >= 15 is 0 Å². The average Bonchev–Trinajstić information content (AvgIpc) is 2.80. The molecule has 4 nitrogen and oxygen atoms in total. The van der Waals surface area contributed by atoms with Crippen molar-refractivity contribution in [3.8, 4) is 0 Å². The highest BCUT2D eigenvalue weighted by Crippen LogP contribution is 2.51. The highest BCUT2D eigenvalue weighted by Gasteiger charge is 2.51. The van der Waals surface area contributed by atoms with Crippen LogP contribution >= 0.6 is 0 Å². The van der Waals surface area contributed by atoms with Gasteiger partial charge in [-0.05, 0) is 19.3 Å². The predicted octanol–water partition coefficient (Wildman–Crippen LogP) is 0.249. The first-order valence-corrected chi connectivity index (χ1v) is 4.02. The summed E-state index contributed by atoms with van der Waals surface area (Å²) in [5, 5.41) is 17.9. The van der Waals surface area contributed by atoms with Crippen LogP contribution in [0.1, 0.15) is 19.3 Å². The minimum Gasteiger partial charge on any atom is -0.479 e. The number of aliphatic hydroxyl groups is 1. The summed E-state index contributed by atoms with van der Waals surface area (Å²) in [6.07, 6.45) is 1.01. The molecule has 0 bridgehead atoms. The lowest BCUT2D eigenvalue weighted by Crippen LogP contribution is -2.31. The zero-order valence-corrected chi connectivity index (χ0v) is 7.12. The summed E-state index contributed by atoms with van der Waals surface area (Å²) in [6, 6.07) is 0. The Hall–Kier alpha value is -0.610. The second-order valence-corrected chi connectivity index (χ2v) is 3.35. The van der Waals surface area contributed by atoms with Crippen LogP contribution in [-0.2, 0) is 9.53 Å². The Morgan fingerprint density at radius 3 is 2.58 bits per heavy atom. The molecule has 1 unspecified atom stereocenters. The van der Waals surface area contributed by atoms with E-state index in [4.69, 9.17) is 9.84 Å². The van der Waals surface area contributed by atoms with Gasteiger partial charge in [0.15, 0.2) is 6.10 Å². The number of aliphatic hydroxyl groups excluding tert-OH is 1. The second kappa shape index (κ2) is 3.41. The topological polar surface area (TPSA) is 66.8 Å². The van der Waals surface area contributed by atoms with Crippen LogP contribution < -0.4 is 0 Å². The quantitative estimate of drug-likeness (QED) is 0.627. The minimum atomic E-state index is -1.22. The molecule has 0 spiro atoms. The van der Waals surface area contributed by atoms with Crippen molar-refractivity contribution in [3.05, 3.63) is 0 Å². The lowest BCUT2D eigenvalue weighted by atomic mass is 9.96. The number of hydrogen-bond acceptors (Lipinski definition) is 3. The highest BCUT2D eigenvalue weighted by atomic mass is 16.5. The maximum atomic E-state index is 10.5. The first-order valence-electron chi connectivity index (χ1n) is 4.02. The summed E-state index contributed by atoms with van der Waals surface area (Å²) in [4.78, 5) is 10.5. The fourth-order valence-corrected chi connectivity index (χ4v) is 1.39. The predicted molar refractivity (Wildman–Crippen MR) is 41.8 cm³/mol. The zero-order chi connectivity index (χ0) is 9.19. The summed E-state index contributed by atoms with van der Waals surface area (Å²) in [5.74, 6) is -1.12. The van der Waals surface area contributed by atoms with Gasteiger partial charge in [0, 0.05) is 19.1 Å². The van der Waals surface area contributed by atoms with Gasteiger partial charge in [0.05, 0.1) is 0 Å². The third-order valence-corrected chi connectivity index (χ3v) is 2.51. The molecule has 2 N–H and O–H groups in total. The van der Waals surface area contributed by atoms with E-state index in [1.54, 1.807) is 7.11 Å². The molecular weight excluding hydrogens is 160 g/mol. The molecule has 0 heterocycles. The van der Waals surface area contributed by atoms with Crippen molar-refractivity contribution < 1.29 is 19.7 Å². The molecule has 0 amide bonds. The largest absolute Gasteiger partial charge is 0.479 e. The number of hydrogen-bond donors (Lipinski definition) is 2. The van der Waals surface area contributed by atoms with Crippen LogP contribution in [0, 0.1) is 5.41 Å². The molecule has 1 atom stereocenters. The fourth-order valence-electron chi connectivity index (χ4n) is 1.39. The summed E-state index contributed by atoms with van der Waals surface area (Å²) >= 11 is 0. The number of rotatable bonds is 5. The summed E-state index contributed by atoms with van der Waals surface area (Å²) in [7, 11) is 1.57. The van der Waals surface area contributed by atoms with Crippen molar-refractivity contribution in [2.24, 2.45) is 5.41 Å². The maximum absolute atomic E-state index is 10.5. The van der Waals surface area contributed by atoms with Crippen LogP contribution in [0.2, 0.25) is 0 Å². The lowest BCUT2D eigenvalue weighted by molar-refractivity contribution is -0.151. The number of carboxylic acids is 1. The summed E-state index contributed by atoms with van der Waals surface area (Å²) < 4.78 is 4.84. The normalized spacial score (nSPS) is 21.8.